The summed E-state index contributed by atoms with van der Waals surface area (Å²) in [5, 5.41) is 14.9. The van der Waals surface area contributed by atoms with Crippen LogP contribution in [0.5, 0.6) is 0 Å². The van der Waals surface area contributed by atoms with Gasteiger partial charge in [-0.3, -0.25) is 9.36 Å². The molecule has 1 aliphatic rings. The van der Waals surface area contributed by atoms with Crippen LogP contribution in [0.3, 0.4) is 0 Å². The molecular formula is C25H32N4O2S2. The second-order valence-electron chi connectivity index (χ2n) is 8.99. The fourth-order valence-electron chi connectivity index (χ4n) is 4.14. The van der Waals surface area contributed by atoms with Crippen LogP contribution in [0.25, 0.3) is 10.7 Å². The van der Waals surface area contributed by atoms with E-state index in [0.29, 0.717) is 18.4 Å². The predicted molar refractivity (Wildman–Crippen MR) is 136 cm³/mol. The number of anilines is 1. The average Bonchev–Trinajstić information content (AvgIpc) is 3.55. The van der Waals surface area contributed by atoms with Crippen LogP contribution in [0.1, 0.15) is 63.5 Å². The molecule has 1 aliphatic heterocycles. The van der Waals surface area contributed by atoms with Crippen molar-refractivity contribution in [1.82, 2.24) is 14.8 Å². The zero-order valence-electron chi connectivity index (χ0n) is 19.7. The molecule has 3 heterocycles. The second-order valence-corrected chi connectivity index (χ2v) is 10.9. The second kappa shape index (κ2) is 10.8. The number of nitrogens with one attached hydrogen (secondary N) is 1. The van der Waals surface area contributed by atoms with Crippen LogP contribution in [-0.2, 0) is 16.1 Å². The highest BCUT2D eigenvalue weighted by Gasteiger charge is 2.23. The standard InChI is InChI=1S/C25H32N4O2S2/c1-16(2)19-9-5-10-20(17(3)4)23(19)26-22(30)15-33-25-28-27-24(21-11-7-13-32-21)29(25)14-18-8-6-12-31-18/h5,7,9-11,13,16-18H,6,8,12,14-15H2,1-4H3,(H,26,30). The number of para-hydroxylation sites is 1. The van der Waals surface area contributed by atoms with Crippen LogP contribution in [0, 0.1) is 0 Å². The monoisotopic (exact) mass is 484 g/mol. The number of hydrogen-bond donors (Lipinski definition) is 1. The summed E-state index contributed by atoms with van der Waals surface area (Å²) in [5.41, 5.74) is 3.29. The first kappa shape index (κ1) is 24.0. The van der Waals surface area contributed by atoms with Gasteiger partial charge in [-0.25, -0.2) is 0 Å². The molecule has 176 valence electrons. The molecule has 1 aromatic carbocycles. The molecule has 0 saturated carbocycles. The molecule has 1 amide bonds. The summed E-state index contributed by atoms with van der Waals surface area (Å²) in [6, 6.07) is 10.4. The summed E-state index contributed by atoms with van der Waals surface area (Å²) >= 11 is 3.07. The quantitative estimate of drug-likeness (QED) is 0.368. The zero-order chi connectivity index (χ0) is 23.4. The number of rotatable bonds is 9. The Kier molecular flexibility index (Phi) is 7.88. The SMILES string of the molecule is CC(C)c1cccc(C(C)C)c1NC(=O)CSc1nnc(-c2cccs2)n1CC1CCCO1. The van der Waals surface area contributed by atoms with Gasteiger partial charge in [-0.05, 0) is 47.3 Å². The zero-order valence-corrected chi connectivity index (χ0v) is 21.3. The maximum atomic E-state index is 13.0. The predicted octanol–water partition coefficient (Wildman–Crippen LogP) is 6.16. The van der Waals surface area contributed by atoms with Gasteiger partial charge in [0.05, 0.1) is 23.3 Å². The summed E-state index contributed by atoms with van der Waals surface area (Å²) in [6.07, 6.45) is 2.29. The van der Waals surface area contributed by atoms with E-state index in [0.717, 1.165) is 41.0 Å². The molecule has 0 radical (unpaired) electrons. The van der Waals surface area contributed by atoms with E-state index >= 15 is 0 Å². The van der Waals surface area contributed by atoms with Gasteiger partial charge in [-0.15, -0.1) is 21.5 Å². The van der Waals surface area contributed by atoms with Crippen molar-refractivity contribution in [3.63, 3.8) is 0 Å². The summed E-state index contributed by atoms with van der Waals surface area (Å²) < 4.78 is 7.98. The number of carbonyl (C=O) groups excluding carboxylic acids is 1. The minimum absolute atomic E-state index is 0.0284. The van der Waals surface area contributed by atoms with Crippen molar-refractivity contribution < 1.29 is 9.53 Å². The number of thioether (sulfide) groups is 1. The van der Waals surface area contributed by atoms with Crippen molar-refractivity contribution >= 4 is 34.7 Å². The van der Waals surface area contributed by atoms with Gasteiger partial charge < -0.3 is 10.1 Å². The van der Waals surface area contributed by atoms with E-state index in [2.05, 4.69) is 72.0 Å². The van der Waals surface area contributed by atoms with Crippen molar-refractivity contribution in [2.45, 2.75) is 70.2 Å². The molecule has 3 aromatic rings. The van der Waals surface area contributed by atoms with E-state index in [1.54, 1.807) is 11.3 Å². The Morgan fingerprint density at radius 2 is 1.94 bits per heavy atom. The maximum absolute atomic E-state index is 13.0. The van der Waals surface area contributed by atoms with E-state index in [4.69, 9.17) is 4.74 Å². The number of thiophene rings is 1. The van der Waals surface area contributed by atoms with Gasteiger partial charge in [0.25, 0.3) is 0 Å². The summed E-state index contributed by atoms with van der Waals surface area (Å²) in [5.74, 6) is 1.75. The minimum Gasteiger partial charge on any atom is -0.376 e. The van der Waals surface area contributed by atoms with Gasteiger partial charge in [0, 0.05) is 12.3 Å². The molecule has 2 aromatic heterocycles. The highest BCUT2D eigenvalue weighted by Crippen LogP contribution is 2.33. The molecule has 1 saturated heterocycles. The Hall–Kier alpha value is -2.16. The fourth-order valence-corrected chi connectivity index (χ4v) is 5.61. The molecule has 6 nitrogen and oxygen atoms in total. The van der Waals surface area contributed by atoms with Crippen LogP contribution >= 0.6 is 23.1 Å². The number of nitrogens with zero attached hydrogens (tertiary/aromatic N) is 3. The highest BCUT2D eigenvalue weighted by atomic mass is 32.2. The number of benzene rings is 1. The topological polar surface area (TPSA) is 69.0 Å². The smallest absolute Gasteiger partial charge is 0.234 e. The Labute approximate surface area is 204 Å². The molecule has 0 spiro atoms. The lowest BCUT2D eigenvalue weighted by Crippen LogP contribution is -2.19. The molecule has 1 fully saturated rings. The third-order valence-corrected chi connectivity index (χ3v) is 7.67. The van der Waals surface area contributed by atoms with Gasteiger partial charge in [-0.2, -0.15) is 0 Å². The van der Waals surface area contributed by atoms with E-state index in [1.807, 2.05) is 11.4 Å². The molecule has 1 N–H and O–H groups in total. The van der Waals surface area contributed by atoms with Crippen LogP contribution < -0.4 is 5.32 Å². The summed E-state index contributed by atoms with van der Waals surface area (Å²) in [7, 11) is 0. The normalized spacial score (nSPS) is 16.1. The van der Waals surface area contributed by atoms with Crippen molar-refractivity contribution in [2.75, 3.05) is 17.7 Å². The van der Waals surface area contributed by atoms with E-state index in [-0.39, 0.29) is 17.8 Å². The molecule has 8 heteroatoms. The van der Waals surface area contributed by atoms with E-state index in [9.17, 15) is 4.79 Å². The first-order chi connectivity index (χ1) is 15.9. The molecule has 33 heavy (non-hydrogen) atoms. The van der Waals surface area contributed by atoms with Crippen molar-refractivity contribution in [1.29, 1.82) is 0 Å². The lowest BCUT2D eigenvalue weighted by Gasteiger charge is -2.20. The lowest BCUT2D eigenvalue weighted by molar-refractivity contribution is -0.113. The molecule has 0 bridgehead atoms. The molecule has 4 rings (SSSR count). The van der Waals surface area contributed by atoms with Crippen LogP contribution in [0.4, 0.5) is 5.69 Å². The fraction of sp³-hybridized carbons (Fsp3) is 0.480. The van der Waals surface area contributed by atoms with Gasteiger partial charge in [-0.1, -0.05) is 63.7 Å². The van der Waals surface area contributed by atoms with Gasteiger partial charge in [0.2, 0.25) is 5.91 Å². The largest absolute Gasteiger partial charge is 0.376 e. The van der Waals surface area contributed by atoms with Crippen molar-refractivity contribution in [3.8, 4) is 10.7 Å². The number of amides is 1. The number of aromatic nitrogens is 3. The first-order valence-corrected chi connectivity index (χ1v) is 13.4. The molecule has 0 aliphatic carbocycles. The summed E-state index contributed by atoms with van der Waals surface area (Å²) in [4.78, 5) is 14.1. The third-order valence-electron chi connectivity index (χ3n) is 5.84. The maximum Gasteiger partial charge on any atom is 0.234 e. The average molecular weight is 485 g/mol. The van der Waals surface area contributed by atoms with Crippen molar-refractivity contribution in [2.24, 2.45) is 0 Å². The van der Waals surface area contributed by atoms with Crippen LogP contribution in [0.2, 0.25) is 0 Å². The molecule has 1 atom stereocenters. The minimum atomic E-state index is -0.0284. The van der Waals surface area contributed by atoms with E-state index in [1.165, 1.54) is 22.9 Å². The molecule has 1 unspecified atom stereocenters. The van der Waals surface area contributed by atoms with Gasteiger partial charge in [0.15, 0.2) is 11.0 Å². The Balaban J connectivity index is 1.51. The van der Waals surface area contributed by atoms with Crippen molar-refractivity contribution in [3.05, 3.63) is 46.8 Å². The van der Waals surface area contributed by atoms with Gasteiger partial charge >= 0.3 is 0 Å². The van der Waals surface area contributed by atoms with Crippen LogP contribution in [0.15, 0.2) is 40.9 Å². The number of ether oxygens (including phenoxy) is 1. The first-order valence-electron chi connectivity index (χ1n) is 11.6. The van der Waals surface area contributed by atoms with Gasteiger partial charge in [0.1, 0.15) is 0 Å². The third kappa shape index (κ3) is 5.67. The van der Waals surface area contributed by atoms with Crippen LogP contribution in [-0.4, -0.2) is 39.1 Å². The Bertz CT molecular complexity index is 1040. The van der Waals surface area contributed by atoms with E-state index < -0.39 is 0 Å². The Morgan fingerprint density at radius 3 is 2.55 bits per heavy atom. The highest BCUT2D eigenvalue weighted by molar-refractivity contribution is 7.99. The number of carbonyl (C=O) groups is 1. The summed E-state index contributed by atoms with van der Waals surface area (Å²) in [6.45, 7) is 10.1. The molecular weight excluding hydrogens is 452 g/mol. The lowest BCUT2D eigenvalue weighted by atomic mass is 9.92. The Morgan fingerprint density at radius 1 is 1.18 bits per heavy atom. The number of hydrogen-bond acceptors (Lipinski definition) is 6.